The van der Waals surface area contributed by atoms with E-state index in [2.05, 4.69) is 31.9 Å². The second-order valence-electron chi connectivity index (χ2n) is 6.53. The summed E-state index contributed by atoms with van der Waals surface area (Å²) in [6, 6.07) is 20.7. The molecule has 6 heteroatoms. The van der Waals surface area contributed by atoms with Crippen LogP contribution in [-0.2, 0) is 9.84 Å². The van der Waals surface area contributed by atoms with Crippen molar-refractivity contribution in [3.05, 3.63) is 98.4 Å². The SMILES string of the molecule is Cc1ccc(S(=O)(=O)[C@H](CC(=O)c2ccc(Br)cc2)c2ccc(Br)cc2)cc1. The number of carbonyl (C=O) groups excluding carboxylic acids is 1. The monoisotopic (exact) mass is 520 g/mol. The Morgan fingerprint density at radius 1 is 0.821 bits per heavy atom. The van der Waals surface area contributed by atoms with Crippen molar-refractivity contribution in [1.82, 2.24) is 0 Å². The van der Waals surface area contributed by atoms with Crippen molar-refractivity contribution in [3.63, 3.8) is 0 Å². The fraction of sp³-hybridized carbons (Fsp3) is 0.136. The summed E-state index contributed by atoms with van der Waals surface area (Å²) < 4.78 is 28.5. The van der Waals surface area contributed by atoms with Crippen LogP contribution in [0.25, 0.3) is 0 Å². The van der Waals surface area contributed by atoms with Gasteiger partial charge in [0, 0.05) is 20.9 Å². The third-order valence-electron chi connectivity index (χ3n) is 4.50. The van der Waals surface area contributed by atoms with Gasteiger partial charge in [0.2, 0.25) is 0 Å². The molecule has 3 nitrogen and oxygen atoms in total. The van der Waals surface area contributed by atoms with Crippen LogP contribution in [0.3, 0.4) is 0 Å². The van der Waals surface area contributed by atoms with Gasteiger partial charge < -0.3 is 0 Å². The highest BCUT2D eigenvalue weighted by molar-refractivity contribution is 9.10. The number of sulfone groups is 1. The summed E-state index contributed by atoms with van der Waals surface area (Å²) in [5, 5.41) is -0.959. The molecule has 0 fully saturated rings. The lowest BCUT2D eigenvalue weighted by molar-refractivity contribution is 0.0980. The number of Topliss-reactive ketones (excluding diaryl/α,β-unsaturated/α-hetero) is 1. The van der Waals surface area contributed by atoms with Gasteiger partial charge in [-0.1, -0.05) is 73.8 Å². The minimum absolute atomic E-state index is 0.126. The van der Waals surface area contributed by atoms with Gasteiger partial charge in [0.1, 0.15) is 0 Å². The molecule has 0 spiro atoms. The maximum atomic E-state index is 13.4. The van der Waals surface area contributed by atoms with E-state index < -0.39 is 15.1 Å². The molecule has 0 aromatic heterocycles. The Morgan fingerprint density at radius 3 is 1.86 bits per heavy atom. The van der Waals surface area contributed by atoms with Gasteiger partial charge in [-0.25, -0.2) is 8.42 Å². The first-order chi connectivity index (χ1) is 13.3. The molecule has 0 saturated heterocycles. The topological polar surface area (TPSA) is 51.2 Å². The molecule has 1 atom stereocenters. The number of hydrogen-bond acceptors (Lipinski definition) is 3. The van der Waals surface area contributed by atoms with Gasteiger partial charge in [0.15, 0.2) is 15.6 Å². The van der Waals surface area contributed by atoms with Crippen LogP contribution in [0.2, 0.25) is 0 Å². The Labute approximate surface area is 182 Å². The van der Waals surface area contributed by atoms with Gasteiger partial charge in [-0.15, -0.1) is 0 Å². The van der Waals surface area contributed by atoms with Gasteiger partial charge in [-0.2, -0.15) is 0 Å². The van der Waals surface area contributed by atoms with Crippen molar-refractivity contribution in [2.45, 2.75) is 23.5 Å². The molecule has 0 heterocycles. The molecule has 0 unspecified atom stereocenters. The van der Waals surface area contributed by atoms with Gasteiger partial charge in [-0.3, -0.25) is 4.79 Å². The van der Waals surface area contributed by atoms with Crippen LogP contribution in [0, 0.1) is 6.92 Å². The molecular weight excluding hydrogens is 504 g/mol. The first-order valence-corrected chi connectivity index (χ1v) is 11.8. The fourth-order valence-electron chi connectivity index (χ4n) is 2.90. The Morgan fingerprint density at radius 2 is 1.32 bits per heavy atom. The van der Waals surface area contributed by atoms with Gasteiger partial charge in [0.25, 0.3) is 0 Å². The highest BCUT2D eigenvalue weighted by atomic mass is 79.9. The molecule has 144 valence electrons. The summed E-state index contributed by atoms with van der Waals surface area (Å²) in [7, 11) is -3.74. The van der Waals surface area contributed by atoms with E-state index in [4.69, 9.17) is 0 Å². The number of benzene rings is 3. The molecule has 0 bridgehead atoms. The van der Waals surface area contributed by atoms with Crippen LogP contribution in [0.15, 0.2) is 86.6 Å². The number of carbonyl (C=O) groups is 1. The summed E-state index contributed by atoms with van der Waals surface area (Å²) in [6.45, 7) is 1.90. The number of rotatable bonds is 6. The lowest BCUT2D eigenvalue weighted by Gasteiger charge is -2.18. The Balaban J connectivity index is 2.02. The molecule has 0 saturated carbocycles. The Bertz CT molecular complexity index is 1070. The number of aryl methyl sites for hydroxylation is 1. The quantitative estimate of drug-likeness (QED) is 0.357. The van der Waals surface area contributed by atoms with Crippen LogP contribution >= 0.6 is 31.9 Å². The predicted molar refractivity (Wildman–Crippen MR) is 118 cm³/mol. The van der Waals surface area contributed by atoms with Crippen LogP contribution in [-0.4, -0.2) is 14.2 Å². The van der Waals surface area contributed by atoms with E-state index in [0.717, 1.165) is 14.5 Å². The van der Waals surface area contributed by atoms with E-state index >= 15 is 0 Å². The average molecular weight is 522 g/mol. The minimum Gasteiger partial charge on any atom is -0.294 e. The molecular formula is C22H18Br2O3S. The van der Waals surface area contributed by atoms with Crippen molar-refractivity contribution < 1.29 is 13.2 Å². The molecule has 0 N–H and O–H groups in total. The van der Waals surface area contributed by atoms with Crippen molar-refractivity contribution in [3.8, 4) is 0 Å². The van der Waals surface area contributed by atoms with Crippen molar-refractivity contribution >= 4 is 47.5 Å². The van der Waals surface area contributed by atoms with E-state index in [-0.39, 0.29) is 17.1 Å². The first kappa shape index (κ1) is 21.0. The lowest BCUT2D eigenvalue weighted by Crippen LogP contribution is -2.18. The van der Waals surface area contributed by atoms with Crippen LogP contribution in [0.1, 0.15) is 33.2 Å². The molecule has 0 aliphatic carbocycles. The maximum absolute atomic E-state index is 13.4. The smallest absolute Gasteiger partial charge is 0.185 e. The zero-order valence-corrected chi connectivity index (χ0v) is 19.1. The van der Waals surface area contributed by atoms with Crippen LogP contribution in [0.4, 0.5) is 0 Å². The number of ketones is 1. The first-order valence-electron chi connectivity index (χ1n) is 8.62. The number of hydrogen-bond donors (Lipinski definition) is 0. The third kappa shape index (κ3) is 4.80. The summed E-state index contributed by atoms with van der Waals surface area (Å²) in [5.41, 5.74) is 2.06. The normalized spacial score (nSPS) is 12.5. The van der Waals surface area contributed by atoms with E-state index in [1.807, 2.05) is 6.92 Å². The summed E-state index contributed by atoms with van der Waals surface area (Å²) in [6.07, 6.45) is -0.126. The fourth-order valence-corrected chi connectivity index (χ4v) is 5.16. The second kappa shape index (κ2) is 8.72. The Kier molecular flexibility index (Phi) is 6.53. The molecule has 28 heavy (non-hydrogen) atoms. The predicted octanol–water partition coefficient (Wildman–Crippen LogP) is 6.31. The van der Waals surface area contributed by atoms with Gasteiger partial charge >= 0.3 is 0 Å². The summed E-state index contributed by atoms with van der Waals surface area (Å²) in [4.78, 5) is 13.1. The maximum Gasteiger partial charge on any atom is 0.185 e. The third-order valence-corrected chi connectivity index (χ3v) is 7.68. The van der Waals surface area contributed by atoms with E-state index in [1.165, 1.54) is 0 Å². The van der Waals surface area contributed by atoms with Crippen molar-refractivity contribution in [1.29, 1.82) is 0 Å². The molecule has 0 aliphatic heterocycles. The van der Waals surface area contributed by atoms with E-state index in [9.17, 15) is 13.2 Å². The Hall–Kier alpha value is -1.76. The van der Waals surface area contributed by atoms with E-state index in [1.54, 1.807) is 72.8 Å². The van der Waals surface area contributed by atoms with Crippen molar-refractivity contribution in [2.24, 2.45) is 0 Å². The minimum atomic E-state index is -3.74. The van der Waals surface area contributed by atoms with Crippen LogP contribution < -0.4 is 0 Å². The molecule has 3 aromatic rings. The molecule has 0 amide bonds. The highest BCUT2D eigenvalue weighted by Crippen LogP contribution is 2.34. The highest BCUT2D eigenvalue weighted by Gasteiger charge is 2.31. The largest absolute Gasteiger partial charge is 0.294 e. The lowest BCUT2D eigenvalue weighted by atomic mass is 10.0. The molecule has 3 rings (SSSR count). The van der Waals surface area contributed by atoms with Crippen LogP contribution in [0.5, 0.6) is 0 Å². The molecule has 3 aromatic carbocycles. The van der Waals surface area contributed by atoms with E-state index in [0.29, 0.717) is 11.1 Å². The standard InChI is InChI=1S/C22H18Br2O3S/c1-15-2-12-20(13-3-15)28(26,27)22(17-6-10-19(24)11-7-17)14-21(25)16-4-8-18(23)9-5-16/h2-13,22H,14H2,1H3/t22-/m1/s1. The van der Waals surface area contributed by atoms with Crippen molar-refractivity contribution in [2.75, 3.05) is 0 Å². The molecule has 0 radical (unpaired) electrons. The summed E-state index contributed by atoms with van der Waals surface area (Å²) in [5.74, 6) is -0.212. The summed E-state index contributed by atoms with van der Waals surface area (Å²) >= 11 is 6.72. The molecule has 0 aliphatic rings. The van der Waals surface area contributed by atoms with Gasteiger partial charge in [0.05, 0.1) is 10.1 Å². The number of halogens is 2. The zero-order chi connectivity index (χ0) is 20.3. The zero-order valence-electron chi connectivity index (χ0n) is 15.1. The second-order valence-corrected chi connectivity index (χ2v) is 10.5. The average Bonchev–Trinajstić information content (AvgIpc) is 2.67. The van der Waals surface area contributed by atoms with Gasteiger partial charge in [-0.05, 0) is 48.9 Å².